The number of carbonyl (C=O) groups excluding carboxylic acids is 1. The summed E-state index contributed by atoms with van der Waals surface area (Å²) in [4.78, 5) is 12.4. The highest BCUT2D eigenvalue weighted by atomic mass is 16.3. The smallest absolute Gasteiger partial charge is 0.254 e. The summed E-state index contributed by atoms with van der Waals surface area (Å²) < 4.78 is 1.87. The number of aliphatic hydroxyl groups is 1. The van der Waals surface area contributed by atoms with Crippen LogP contribution in [0, 0.1) is 12.8 Å². The molecule has 124 valence electrons. The van der Waals surface area contributed by atoms with Gasteiger partial charge in [0.1, 0.15) is 0 Å². The molecule has 0 saturated heterocycles. The largest absolute Gasteiger partial charge is 0.388 e. The number of carbonyl (C=O) groups is 1. The number of hydrogen-bond donors (Lipinski definition) is 2. The van der Waals surface area contributed by atoms with E-state index in [2.05, 4.69) is 24.3 Å². The Kier molecular flexibility index (Phi) is 5.62. The van der Waals surface area contributed by atoms with Crippen LogP contribution in [0.25, 0.3) is 0 Å². The third-order valence-electron chi connectivity index (χ3n) is 4.50. The topological polar surface area (TPSA) is 67.2 Å². The summed E-state index contributed by atoms with van der Waals surface area (Å²) in [5, 5.41) is 17.8. The minimum Gasteiger partial charge on any atom is -0.388 e. The SMILES string of the molecule is Cc1c(C(=O)NCC2(O)CCCCCC2)cnn1CC(C)C. The van der Waals surface area contributed by atoms with Crippen molar-refractivity contribution in [2.24, 2.45) is 5.92 Å². The van der Waals surface area contributed by atoms with Crippen molar-refractivity contribution in [3.8, 4) is 0 Å². The Morgan fingerprint density at radius 2 is 2.00 bits per heavy atom. The molecule has 0 radical (unpaired) electrons. The first-order valence-corrected chi connectivity index (χ1v) is 8.44. The molecule has 0 unspecified atom stereocenters. The fourth-order valence-corrected chi connectivity index (χ4v) is 3.10. The Hall–Kier alpha value is -1.36. The van der Waals surface area contributed by atoms with Crippen molar-refractivity contribution in [3.63, 3.8) is 0 Å². The molecule has 1 amide bonds. The van der Waals surface area contributed by atoms with Gasteiger partial charge in [-0.1, -0.05) is 39.5 Å². The van der Waals surface area contributed by atoms with Crippen molar-refractivity contribution < 1.29 is 9.90 Å². The number of hydrogen-bond acceptors (Lipinski definition) is 3. The highest BCUT2D eigenvalue weighted by molar-refractivity contribution is 5.95. The molecule has 5 nitrogen and oxygen atoms in total. The van der Waals surface area contributed by atoms with Gasteiger partial charge in [0.2, 0.25) is 0 Å². The molecule has 5 heteroatoms. The van der Waals surface area contributed by atoms with Gasteiger partial charge >= 0.3 is 0 Å². The third kappa shape index (κ3) is 4.32. The summed E-state index contributed by atoms with van der Waals surface area (Å²) in [7, 11) is 0. The molecule has 22 heavy (non-hydrogen) atoms. The maximum Gasteiger partial charge on any atom is 0.254 e. The second kappa shape index (κ2) is 7.27. The first-order chi connectivity index (χ1) is 10.4. The monoisotopic (exact) mass is 307 g/mol. The van der Waals surface area contributed by atoms with Gasteiger partial charge in [0, 0.05) is 18.8 Å². The van der Waals surface area contributed by atoms with E-state index in [1.54, 1.807) is 6.20 Å². The maximum atomic E-state index is 12.4. The zero-order valence-corrected chi connectivity index (χ0v) is 14.1. The van der Waals surface area contributed by atoms with Crippen LogP contribution in [0.2, 0.25) is 0 Å². The number of rotatable bonds is 5. The van der Waals surface area contributed by atoms with Crippen molar-refractivity contribution >= 4 is 5.91 Å². The lowest BCUT2D eigenvalue weighted by atomic mass is 9.94. The van der Waals surface area contributed by atoms with Gasteiger partial charge in [-0.05, 0) is 25.7 Å². The quantitative estimate of drug-likeness (QED) is 0.822. The van der Waals surface area contributed by atoms with E-state index in [1.807, 2.05) is 11.6 Å². The van der Waals surface area contributed by atoms with E-state index in [0.29, 0.717) is 18.0 Å². The van der Waals surface area contributed by atoms with Crippen LogP contribution in [0.15, 0.2) is 6.20 Å². The molecule has 1 aliphatic carbocycles. The summed E-state index contributed by atoms with van der Waals surface area (Å²) in [5.41, 5.74) is 0.755. The van der Waals surface area contributed by atoms with Crippen LogP contribution < -0.4 is 5.32 Å². The molecule has 0 spiro atoms. The zero-order valence-electron chi connectivity index (χ0n) is 14.1. The molecule has 0 atom stereocenters. The molecule has 1 saturated carbocycles. The van der Waals surface area contributed by atoms with Crippen molar-refractivity contribution in [1.29, 1.82) is 0 Å². The van der Waals surface area contributed by atoms with Crippen molar-refractivity contribution in [2.75, 3.05) is 6.54 Å². The lowest BCUT2D eigenvalue weighted by Crippen LogP contribution is -2.42. The summed E-state index contributed by atoms with van der Waals surface area (Å²) >= 11 is 0. The minimum atomic E-state index is -0.742. The van der Waals surface area contributed by atoms with Gasteiger partial charge in [0.15, 0.2) is 0 Å². The molecule has 2 rings (SSSR count). The van der Waals surface area contributed by atoms with E-state index < -0.39 is 5.60 Å². The Balaban J connectivity index is 1.96. The average molecular weight is 307 g/mol. The van der Waals surface area contributed by atoms with Crippen LogP contribution in [-0.2, 0) is 6.54 Å². The molecule has 0 aromatic carbocycles. The number of aromatic nitrogens is 2. The fourth-order valence-electron chi connectivity index (χ4n) is 3.10. The number of nitrogens with one attached hydrogen (secondary N) is 1. The number of nitrogens with zero attached hydrogens (tertiary/aromatic N) is 2. The first kappa shape index (κ1) is 17.0. The fraction of sp³-hybridized carbons (Fsp3) is 0.765. The van der Waals surface area contributed by atoms with E-state index in [-0.39, 0.29) is 5.91 Å². The average Bonchev–Trinajstić information content (AvgIpc) is 2.68. The molecule has 1 aromatic rings. The summed E-state index contributed by atoms with van der Waals surface area (Å²) in [5.74, 6) is 0.353. The van der Waals surface area contributed by atoms with Crippen LogP contribution in [0.4, 0.5) is 0 Å². The normalized spacial score (nSPS) is 18.2. The number of amides is 1. The lowest BCUT2D eigenvalue weighted by Gasteiger charge is -2.26. The Morgan fingerprint density at radius 1 is 1.36 bits per heavy atom. The van der Waals surface area contributed by atoms with Crippen molar-refractivity contribution in [1.82, 2.24) is 15.1 Å². The highest BCUT2D eigenvalue weighted by Crippen LogP contribution is 2.26. The van der Waals surface area contributed by atoms with E-state index in [1.165, 1.54) is 12.8 Å². The second-order valence-electron chi connectivity index (χ2n) is 7.04. The van der Waals surface area contributed by atoms with Crippen molar-refractivity contribution in [2.45, 2.75) is 71.4 Å². The maximum absolute atomic E-state index is 12.4. The summed E-state index contributed by atoms with van der Waals surface area (Å²) in [6.07, 6.45) is 7.62. The Bertz CT molecular complexity index is 500. The molecule has 0 bridgehead atoms. The van der Waals surface area contributed by atoms with E-state index in [4.69, 9.17) is 0 Å². The van der Waals surface area contributed by atoms with Gasteiger partial charge < -0.3 is 10.4 Å². The third-order valence-corrected chi connectivity index (χ3v) is 4.50. The molecular weight excluding hydrogens is 278 g/mol. The van der Waals surface area contributed by atoms with Gasteiger partial charge in [0.05, 0.1) is 17.4 Å². The molecular formula is C17H29N3O2. The zero-order chi connectivity index (χ0) is 16.2. The predicted molar refractivity (Wildman–Crippen MR) is 86.8 cm³/mol. The minimum absolute atomic E-state index is 0.134. The van der Waals surface area contributed by atoms with Crippen LogP contribution in [0.1, 0.15) is 68.4 Å². The summed E-state index contributed by atoms with van der Waals surface area (Å²) in [6, 6.07) is 0. The Morgan fingerprint density at radius 3 is 2.59 bits per heavy atom. The standard InChI is InChI=1S/C17H29N3O2/c1-13(2)11-20-14(3)15(10-19-20)16(21)18-12-17(22)8-6-4-5-7-9-17/h10,13,22H,4-9,11-12H2,1-3H3,(H,18,21). The molecule has 2 N–H and O–H groups in total. The second-order valence-corrected chi connectivity index (χ2v) is 7.04. The van der Waals surface area contributed by atoms with E-state index in [0.717, 1.165) is 37.9 Å². The van der Waals surface area contributed by atoms with E-state index >= 15 is 0 Å². The molecule has 0 aliphatic heterocycles. The predicted octanol–water partition coefficient (Wildman–Crippen LogP) is 2.66. The van der Waals surface area contributed by atoms with Gasteiger partial charge in [0.25, 0.3) is 5.91 Å². The van der Waals surface area contributed by atoms with Gasteiger partial charge in [-0.15, -0.1) is 0 Å². The molecule has 1 fully saturated rings. The lowest BCUT2D eigenvalue weighted by molar-refractivity contribution is 0.0246. The molecule has 1 heterocycles. The van der Waals surface area contributed by atoms with Crippen LogP contribution in [0.3, 0.4) is 0 Å². The highest BCUT2D eigenvalue weighted by Gasteiger charge is 2.29. The molecule has 1 aliphatic rings. The Labute approximate surface area is 133 Å². The molecule has 1 aromatic heterocycles. The van der Waals surface area contributed by atoms with Gasteiger partial charge in [-0.25, -0.2) is 0 Å². The first-order valence-electron chi connectivity index (χ1n) is 8.44. The van der Waals surface area contributed by atoms with Gasteiger partial charge in [-0.3, -0.25) is 9.48 Å². The van der Waals surface area contributed by atoms with Crippen LogP contribution >= 0.6 is 0 Å². The summed E-state index contributed by atoms with van der Waals surface area (Å²) in [6.45, 7) is 7.32. The van der Waals surface area contributed by atoms with Crippen LogP contribution in [-0.4, -0.2) is 32.9 Å². The van der Waals surface area contributed by atoms with Crippen LogP contribution in [0.5, 0.6) is 0 Å². The van der Waals surface area contributed by atoms with E-state index in [9.17, 15) is 9.90 Å². The van der Waals surface area contributed by atoms with Crippen molar-refractivity contribution in [3.05, 3.63) is 17.5 Å². The van der Waals surface area contributed by atoms with Gasteiger partial charge in [-0.2, -0.15) is 5.10 Å².